The lowest BCUT2D eigenvalue weighted by atomic mass is 10.1. The largest absolute Gasteiger partial charge is 0.478 e. The van der Waals surface area contributed by atoms with Gasteiger partial charge in [0.05, 0.1) is 5.56 Å². The molecule has 0 amide bonds. The van der Waals surface area contributed by atoms with E-state index in [0.29, 0.717) is 12.5 Å². The van der Waals surface area contributed by atoms with E-state index in [4.69, 9.17) is 5.11 Å². The van der Waals surface area contributed by atoms with Crippen molar-refractivity contribution in [3.8, 4) is 0 Å². The first-order chi connectivity index (χ1) is 8.04. The van der Waals surface area contributed by atoms with Crippen LogP contribution in [0.5, 0.6) is 0 Å². The molecule has 0 heterocycles. The van der Waals surface area contributed by atoms with E-state index in [1.165, 1.54) is 12.1 Å². The number of benzene rings is 1. The van der Waals surface area contributed by atoms with Gasteiger partial charge in [-0.2, -0.15) is 0 Å². The number of halogens is 1. The highest BCUT2D eigenvalue weighted by atomic mass is 19.1. The van der Waals surface area contributed by atoms with E-state index in [0.717, 1.165) is 18.5 Å². The fourth-order valence-corrected chi connectivity index (χ4v) is 1.45. The second kappa shape index (κ2) is 6.35. The van der Waals surface area contributed by atoms with Crippen molar-refractivity contribution in [2.45, 2.75) is 26.8 Å². The minimum absolute atomic E-state index is 0.282. The maximum Gasteiger partial charge on any atom is 0.338 e. The van der Waals surface area contributed by atoms with Crippen LogP contribution in [-0.2, 0) is 6.54 Å². The number of aromatic carboxylic acids is 1. The maximum atomic E-state index is 13.3. The third-order valence-electron chi connectivity index (χ3n) is 2.78. The Morgan fingerprint density at radius 2 is 2.24 bits per heavy atom. The molecule has 1 aromatic rings. The third-order valence-corrected chi connectivity index (χ3v) is 2.78. The Hall–Kier alpha value is -1.42. The van der Waals surface area contributed by atoms with Crippen molar-refractivity contribution in [2.24, 2.45) is 5.92 Å². The van der Waals surface area contributed by atoms with Crippen LogP contribution >= 0.6 is 0 Å². The number of carboxylic acids is 1. The Morgan fingerprint density at radius 1 is 1.53 bits per heavy atom. The molecular formula is C13H18FNO2. The number of rotatable bonds is 6. The first kappa shape index (κ1) is 13.6. The van der Waals surface area contributed by atoms with Crippen molar-refractivity contribution in [1.82, 2.24) is 5.32 Å². The molecule has 3 nitrogen and oxygen atoms in total. The molecule has 0 fully saturated rings. The van der Waals surface area contributed by atoms with E-state index in [-0.39, 0.29) is 5.56 Å². The highest BCUT2D eigenvalue weighted by Gasteiger charge is 2.10. The second-order valence-electron chi connectivity index (χ2n) is 4.26. The molecule has 1 atom stereocenters. The van der Waals surface area contributed by atoms with E-state index in [1.54, 1.807) is 6.07 Å². The monoisotopic (exact) mass is 239 g/mol. The van der Waals surface area contributed by atoms with Gasteiger partial charge in [-0.05, 0) is 30.2 Å². The summed E-state index contributed by atoms with van der Waals surface area (Å²) in [7, 11) is 0. The maximum absolute atomic E-state index is 13.3. The lowest BCUT2D eigenvalue weighted by Crippen LogP contribution is -2.20. The molecule has 0 aliphatic heterocycles. The average molecular weight is 239 g/mol. The molecule has 0 bridgehead atoms. The van der Waals surface area contributed by atoms with Crippen molar-refractivity contribution in [3.63, 3.8) is 0 Å². The Morgan fingerprint density at radius 3 is 2.76 bits per heavy atom. The minimum atomic E-state index is -1.23. The third kappa shape index (κ3) is 4.15. The van der Waals surface area contributed by atoms with Crippen molar-refractivity contribution < 1.29 is 14.3 Å². The molecule has 0 spiro atoms. The van der Waals surface area contributed by atoms with Crippen LogP contribution in [0.1, 0.15) is 36.2 Å². The lowest BCUT2D eigenvalue weighted by Gasteiger charge is -2.10. The second-order valence-corrected chi connectivity index (χ2v) is 4.26. The molecule has 0 aliphatic carbocycles. The van der Waals surface area contributed by atoms with Crippen molar-refractivity contribution in [3.05, 3.63) is 35.1 Å². The molecule has 0 saturated carbocycles. The summed E-state index contributed by atoms with van der Waals surface area (Å²) in [6, 6.07) is 4.21. The first-order valence-corrected chi connectivity index (χ1v) is 5.77. The van der Waals surface area contributed by atoms with Gasteiger partial charge in [0.25, 0.3) is 0 Å². The van der Waals surface area contributed by atoms with Gasteiger partial charge in [0.2, 0.25) is 0 Å². The summed E-state index contributed by atoms with van der Waals surface area (Å²) in [6.07, 6.45) is 1.10. The van der Waals surface area contributed by atoms with Crippen LogP contribution in [0, 0.1) is 11.7 Å². The fraction of sp³-hybridized carbons (Fsp3) is 0.462. The van der Waals surface area contributed by atoms with E-state index in [2.05, 4.69) is 19.2 Å². The molecule has 0 aliphatic rings. The van der Waals surface area contributed by atoms with Crippen LogP contribution in [0.15, 0.2) is 18.2 Å². The van der Waals surface area contributed by atoms with Crippen LogP contribution in [-0.4, -0.2) is 17.6 Å². The number of hydrogen-bond donors (Lipinski definition) is 2. The summed E-state index contributed by atoms with van der Waals surface area (Å²) < 4.78 is 13.3. The number of nitrogens with one attached hydrogen (secondary N) is 1. The van der Waals surface area contributed by atoms with Gasteiger partial charge in [-0.15, -0.1) is 0 Å². The zero-order chi connectivity index (χ0) is 12.8. The summed E-state index contributed by atoms with van der Waals surface area (Å²) >= 11 is 0. The van der Waals surface area contributed by atoms with Gasteiger partial charge in [0.15, 0.2) is 0 Å². The predicted molar refractivity (Wildman–Crippen MR) is 64.5 cm³/mol. The molecule has 0 saturated heterocycles. The summed E-state index contributed by atoms with van der Waals surface area (Å²) in [5.41, 5.74) is 0.478. The van der Waals surface area contributed by atoms with E-state index in [1.807, 2.05) is 0 Å². The lowest BCUT2D eigenvalue weighted by molar-refractivity contribution is 0.0692. The van der Waals surface area contributed by atoms with E-state index < -0.39 is 11.8 Å². The highest BCUT2D eigenvalue weighted by Crippen LogP contribution is 2.10. The molecule has 17 heavy (non-hydrogen) atoms. The van der Waals surface area contributed by atoms with Crippen LogP contribution in [0.4, 0.5) is 4.39 Å². The molecule has 4 heteroatoms. The fourth-order valence-electron chi connectivity index (χ4n) is 1.45. The molecule has 1 aromatic carbocycles. The molecule has 1 rings (SSSR count). The Labute approximate surface area is 101 Å². The van der Waals surface area contributed by atoms with Crippen molar-refractivity contribution >= 4 is 5.97 Å². The highest BCUT2D eigenvalue weighted by molar-refractivity contribution is 5.87. The summed E-state index contributed by atoms with van der Waals surface area (Å²) in [5.74, 6) is -1.33. The molecule has 0 radical (unpaired) electrons. The van der Waals surface area contributed by atoms with Crippen LogP contribution in [0.3, 0.4) is 0 Å². The predicted octanol–water partition coefficient (Wildman–Crippen LogP) is 2.66. The van der Waals surface area contributed by atoms with Crippen molar-refractivity contribution in [1.29, 1.82) is 0 Å². The van der Waals surface area contributed by atoms with Gasteiger partial charge in [-0.1, -0.05) is 26.3 Å². The quantitative estimate of drug-likeness (QED) is 0.802. The Kier molecular flexibility index (Phi) is 5.10. The van der Waals surface area contributed by atoms with Gasteiger partial charge in [0.1, 0.15) is 5.82 Å². The van der Waals surface area contributed by atoms with E-state index in [9.17, 15) is 9.18 Å². The van der Waals surface area contributed by atoms with Crippen LogP contribution in [0.25, 0.3) is 0 Å². The zero-order valence-electron chi connectivity index (χ0n) is 10.2. The summed E-state index contributed by atoms with van der Waals surface area (Å²) in [4.78, 5) is 10.6. The molecule has 1 unspecified atom stereocenters. The van der Waals surface area contributed by atoms with Gasteiger partial charge in [-0.3, -0.25) is 0 Å². The average Bonchev–Trinajstić information content (AvgIpc) is 2.28. The molecule has 2 N–H and O–H groups in total. The zero-order valence-corrected chi connectivity index (χ0v) is 10.2. The molecular weight excluding hydrogens is 221 g/mol. The molecule has 0 aromatic heterocycles. The summed E-state index contributed by atoms with van der Waals surface area (Å²) in [5, 5.41) is 11.9. The van der Waals surface area contributed by atoms with Gasteiger partial charge in [-0.25, -0.2) is 9.18 Å². The number of carbonyl (C=O) groups is 1. The van der Waals surface area contributed by atoms with Crippen LogP contribution in [0.2, 0.25) is 0 Å². The minimum Gasteiger partial charge on any atom is -0.478 e. The Bertz CT molecular complexity index is 393. The van der Waals surface area contributed by atoms with Crippen LogP contribution < -0.4 is 5.32 Å². The van der Waals surface area contributed by atoms with Crippen molar-refractivity contribution in [2.75, 3.05) is 6.54 Å². The van der Waals surface area contributed by atoms with Gasteiger partial charge < -0.3 is 10.4 Å². The topological polar surface area (TPSA) is 49.3 Å². The summed E-state index contributed by atoms with van der Waals surface area (Å²) in [6.45, 7) is 5.69. The smallest absolute Gasteiger partial charge is 0.338 e. The Balaban J connectivity index is 2.56. The van der Waals surface area contributed by atoms with Gasteiger partial charge >= 0.3 is 5.97 Å². The van der Waals surface area contributed by atoms with Gasteiger partial charge in [0, 0.05) is 6.54 Å². The number of carboxylic acid groups (broad SMARTS) is 1. The number of hydrogen-bond acceptors (Lipinski definition) is 2. The normalized spacial score (nSPS) is 12.4. The first-order valence-electron chi connectivity index (χ1n) is 5.77. The molecule has 94 valence electrons. The standard InChI is InChI=1S/C13H18FNO2/c1-3-9(2)7-15-8-10-4-5-11(13(16)17)12(14)6-10/h4-6,9,15H,3,7-8H2,1-2H3,(H,16,17). The van der Waals surface area contributed by atoms with E-state index >= 15 is 0 Å². The SMILES string of the molecule is CCC(C)CNCc1ccc(C(=O)O)c(F)c1.